The SMILES string of the molecule is C=C(C)C(=O)OC[C@H](O)CC#Cc1ccccc1. The Morgan fingerprint density at radius 3 is 2.72 bits per heavy atom. The summed E-state index contributed by atoms with van der Waals surface area (Å²) in [4.78, 5) is 11.1. The molecule has 0 aliphatic rings. The third-order valence-electron chi connectivity index (χ3n) is 2.10. The maximum Gasteiger partial charge on any atom is 0.333 e. The summed E-state index contributed by atoms with van der Waals surface area (Å²) < 4.78 is 4.81. The molecular weight excluding hydrogens is 228 g/mol. The van der Waals surface area contributed by atoms with E-state index in [1.807, 2.05) is 30.3 Å². The molecule has 0 fully saturated rings. The van der Waals surface area contributed by atoms with Crippen LogP contribution in [0.15, 0.2) is 42.5 Å². The number of carbonyl (C=O) groups excluding carboxylic acids is 1. The molecule has 0 bridgehead atoms. The van der Waals surface area contributed by atoms with Gasteiger partial charge in [0.1, 0.15) is 6.61 Å². The molecule has 0 amide bonds. The Balaban J connectivity index is 2.34. The fourth-order valence-electron chi connectivity index (χ4n) is 1.15. The highest BCUT2D eigenvalue weighted by Gasteiger charge is 2.07. The van der Waals surface area contributed by atoms with Gasteiger partial charge in [-0.25, -0.2) is 4.79 Å². The minimum Gasteiger partial charge on any atom is -0.460 e. The summed E-state index contributed by atoms with van der Waals surface area (Å²) in [5, 5.41) is 9.55. The summed E-state index contributed by atoms with van der Waals surface area (Å²) in [6.45, 7) is 4.95. The van der Waals surface area contributed by atoms with Crippen LogP contribution in [0.2, 0.25) is 0 Å². The third-order valence-corrected chi connectivity index (χ3v) is 2.10. The molecule has 1 N–H and O–H groups in total. The van der Waals surface area contributed by atoms with Gasteiger partial charge in [-0.3, -0.25) is 0 Å². The molecule has 1 atom stereocenters. The van der Waals surface area contributed by atoms with Crippen LogP contribution >= 0.6 is 0 Å². The highest BCUT2D eigenvalue weighted by Crippen LogP contribution is 1.98. The van der Waals surface area contributed by atoms with Gasteiger partial charge in [-0.15, -0.1) is 0 Å². The van der Waals surface area contributed by atoms with Gasteiger partial charge in [0.25, 0.3) is 0 Å². The van der Waals surface area contributed by atoms with Crippen LogP contribution in [0.1, 0.15) is 18.9 Å². The van der Waals surface area contributed by atoms with Crippen molar-refractivity contribution in [1.82, 2.24) is 0 Å². The fourth-order valence-corrected chi connectivity index (χ4v) is 1.15. The van der Waals surface area contributed by atoms with Gasteiger partial charge >= 0.3 is 5.97 Å². The molecule has 0 saturated carbocycles. The maximum absolute atomic E-state index is 11.1. The Labute approximate surface area is 107 Å². The van der Waals surface area contributed by atoms with Crippen molar-refractivity contribution in [3.63, 3.8) is 0 Å². The molecule has 0 aliphatic heterocycles. The zero-order chi connectivity index (χ0) is 13.4. The van der Waals surface area contributed by atoms with E-state index in [1.165, 1.54) is 0 Å². The van der Waals surface area contributed by atoms with Crippen LogP contribution in [-0.4, -0.2) is 23.8 Å². The van der Waals surface area contributed by atoms with Gasteiger partial charge in [0, 0.05) is 17.6 Å². The third kappa shape index (κ3) is 5.33. The summed E-state index contributed by atoms with van der Waals surface area (Å²) in [6, 6.07) is 9.49. The smallest absolute Gasteiger partial charge is 0.333 e. The lowest BCUT2D eigenvalue weighted by molar-refractivity contribution is -0.141. The van der Waals surface area contributed by atoms with E-state index in [-0.39, 0.29) is 13.0 Å². The van der Waals surface area contributed by atoms with Crippen LogP contribution in [0.5, 0.6) is 0 Å². The molecule has 1 rings (SSSR count). The number of aliphatic hydroxyl groups is 1. The lowest BCUT2D eigenvalue weighted by atomic mass is 10.2. The summed E-state index contributed by atoms with van der Waals surface area (Å²) in [5.74, 6) is 5.26. The van der Waals surface area contributed by atoms with E-state index in [0.29, 0.717) is 5.57 Å². The van der Waals surface area contributed by atoms with Crippen LogP contribution in [0.25, 0.3) is 0 Å². The van der Waals surface area contributed by atoms with Crippen LogP contribution in [0.3, 0.4) is 0 Å². The first-order chi connectivity index (χ1) is 8.59. The number of esters is 1. The molecule has 1 aromatic rings. The number of rotatable bonds is 4. The molecular formula is C15H16O3. The minimum absolute atomic E-state index is 0.0604. The number of benzene rings is 1. The first kappa shape index (κ1) is 14.0. The van der Waals surface area contributed by atoms with Crippen LogP contribution in [0.4, 0.5) is 0 Å². The molecule has 0 aromatic heterocycles. The molecule has 1 aromatic carbocycles. The number of aliphatic hydroxyl groups excluding tert-OH is 1. The average Bonchev–Trinajstić information content (AvgIpc) is 2.37. The van der Waals surface area contributed by atoms with Crippen LogP contribution < -0.4 is 0 Å². The molecule has 18 heavy (non-hydrogen) atoms. The second kappa shape index (κ2) is 7.31. The summed E-state index contributed by atoms with van der Waals surface area (Å²) in [7, 11) is 0. The van der Waals surface area contributed by atoms with E-state index in [0.717, 1.165) is 5.56 Å². The predicted molar refractivity (Wildman–Crippen MR) is 69.7 cm³/mol. The van der Waals surface area contributed by atoms with Crippen molar-refractivity contribution in [2.45, 2.75) is 19.4 Å². The highest BCUT2D eigenvalue weighted by atomic mass is 16.5. The summed E-state index contributed by atoms with van der Waals surface area (Å²) >= 11 is 0. The fraction of sp³-hybridized carbons (Fsp3) is 0.267. The maximum atomic E-state index is 11.1. The van der Waals surface area contributed by atoms with E-state index in [1.54, 1.807) is 6.92 Å². The van der Waals surface area contributed by atoms with Crippen molar-refractivity contribution in [3.05, 3.63) is 48.0 Å². The number of carbonyl (C=O) groups is 1. The Kier molecular flexibility index (Phi) is 5.69. The largest absolute Gasteiger partial charge is 0.460 e. The van der Waals surface area contributed by atoms with Gasteiger partial charge < -0.3 is 9.84 Å². The van der Waals surface area contributed by atoms with Crippen molar-refractivity contribution < 1.29 is 14.6 Å². The van der Waals surface area contributed by atoms with Crippen LogP contribution in [-0.2, 0) is 9.53 Å². The van der Waals surface area contributed by atoms with Gasteiger partial charge in [-0.2, -0.15) is 0 Å². The first-order valence-corrected chi connectivity index (χ1v) is 5.64. The lowest BCUT2D eigenvalue weighted by Crippen LogP contribution is -2.18. The number of ether oxygens (including phenoxy) is 1. The van der Waals surface area contributed by atoms with E-state index >= 15 is 0 Å². The predicted octanol–water partition coefficient (Wildman–Crippen LogP) is 1.91. The zero-order valence-electron chi connectivity index (χ0n) is 10.3. The van der Waals surface area contributed by atoms with Crippen molar-refractivity contribution in [2.24, 2.45) is 0 Å². The number of hydrogen-bond acceptors (Lipinski definition) is 3. The Morgan fingerprint density at radius 1 is 1.44 bits per heavy atom. The molecule has 0 spiro atoms. The van der Waals surface area contributed by atoms with Gasteiger partial charge in [0.15, 0.2) is 0 Å². The molecule has 3 nitrogen and oxygen atoms in total. The van der Waals surface area contributed by atoms with Gasteiger partial charge in [0.05, 0.1) is 6.10 Å². The molecule has 94 valence electrons. The molecule has 0 heterocycles. The minimum atomic E-state index is -0.774. The standard InChI is InChI=1S/C15H16O3/c1-12(2)15(17)18-11-14(16)10-6-9-13-7-4-3-5-8-13/h3-5,7-8,14,16H,1,10-11H2,2H3/t14-/m1/s1. The van der Waals surface area contributed by atoms with Crippen molar-refractivity contribution in [2.75, 3.05) is 6.61 Å². The molecule has 0 saturated heterocycles. The average molecular weight is 244 g/mol. The Bertz CT molecular complexity index is 466. The molecule has 0 aliphatic carbocycles. The van der Waals surface area contributed by atoms with E-state index in [9.17, 15) is 9.90 Å². The van der Waals surface area contributed by atoms with Gasteiger partial charge in [-0.05, 0) is 19.1 Å². The van der Waals surface area contributed by atoms with Crippen molar-refractivity contribution in [1.29, 1.82) is 0 Å². The van der Waals surface area contributed by atoms with Gasteiger partial charge in [0.2, 0.25) is 0 Å². The van der Waals surface area contributed by atoms with Crippen LogP contribution in [0, 0.1) is 11.8 Å². The van der Waals surface area contributed by atoms with E-state index in [4.69, 9.17) is 4.74 Å². The molecule has 0 unspecified atom stereocenters. The molecule has 0 radical (unpaired) electrons. The second-order valence-corrected chi connectivity index (χ2v) is 3.90. The highest BCUT2D eigenvalue weighted by molar-refractivity contribution is 5.86. The summed E-state index contributed by atoms with van der Waals surface area (Å²) in [5.41, 5.74) is 1.21. The zero-order valence-corrected chi connectivity index (χ0v) is 10.3. The monoisotopic (exact) mass is 244 g/mol. The first-order valence-electron chi connectivity index (χ1n) is 5.64. The van der Waals surface area contributed by atoms with E-state index in [2.05, 4.69) is 18.4 Å². The topological polar surface area (TPSA) is 46.5 Å². The normalized spacial score (nSPS) is 11.0. The summed E-state index contributed by atoms with van der Waals surface area (Å²) in [6.07, 6.45) is -0.511. The van der Waals surface area contributed by atoms with E-state index < -0.39 is 12.1 Å². The lowest BCUT2D eigenvalue weighted by Gasteiger charge is -2.07. The second-order valence-electron chi connectivity index (χ2n) is 3.90. The Hall–Kier alpha value is -2.05. The van der Waals surface area contributed by atoms with Crippen molar-refractivity contribution >= 4 is 5.97 Å². The van der Waals surface area contributed by atoms with Gasteiger partial charge in [-0.1, -0.05) is 36.6 Å². The van der Waals surface area contributed by atoms with Crippen molar-refractivity contribution in [3.8, 4) is 11.8 Å². The quantitative estimate of drug-likeness (QED) is 0.500. The molecule has 3 heteroatoms. The number of hydrogen-bond donors (Lipinski definition) is 1. The Morgan fingerprint density at radius 2 is 2.11 bits per heavy atom.